The molecule has 0 aliphatic heterocycles. The number of para-hydroxylation sites is 1. The average Bonchev–Trinajstić information content (AvgIpc) is 2.79. The van der Waals surface area contributed by atoms with Gasteiger partial charge in [0.1, 0.15) is 12.4 Å². The lowest BCUT2D eigenvalue weighted by Crippen LogP contribution is -2.35. The van der Waals surface area contributed by atoms with Gasteiger partial charge in [0, 0.05) is 17.8 Å². The molecule has 0 atom stereocenters. The highest BCUT2D eigenvalue weighted by atomic mass is 35.5. The van der Waals surface area contributed by atoms with Gasteiger partial charge in [0.2, 0.25) is 5.91 Å². The summed E-state index contributed by atoms with van der Waals surface area (Å²) in [6.07, 6.45) is -4.67. The van der Waals surface area contributed by atoms with Crippen LogP contribution in [0, 0.1) is 0 Å². The fourth-order valence-electron chi connectivity index (χ4n) is 3.02. The predicted molar refractivity (Wildman–Crippen MR) is 124 cm³/mol. The van der Waals surface area contributed by atoms with Crippen LogP contribution in [0.15, 0.2) is 66.7 Å². The molecule has 0 saturated carbocycles. The van der Waals surface area contributed by atoms with E-state index in [0.29, 0.717) is 10.8 Å². The summed E-state index contributed by atoms with van der Waals surface area (Å²) in [6, 6.07) is 16.6. The monoisotopic (exact) mass is 510 g/mol. The fourth-order valence-corrected chi connectivity index (χ4v) is 3.38. The van der Waals surface area contributed by atoms with E-state index in [9.17, 15) is 22.8 Å². The van der Waals surface area contributed by atoms with E-state index < -0.39 is 35.1 Å². The van der Waals surface area contributed by atoms with Crippen LogP contribution in [0.5, 0.6) is 5.75 Å². The molecule has 0 fully saturated rings. The van der Waals surface area contributed by atoms with Crippen molar-refractivity contribution in [1.29, 1.82) is 0 Å². The van der Waals surface area contributed by atoms with Crippen molar-refractivity contribution in [3.05, 3.63) is 93.5 Å². The van der Waals surface area contributed by atoms with Crippen molar-refractivity contribution in [2.75, 3.05) is 18.9 Å². The lowest BCUT2D eigenvalue weighted by Gasteiger charge is -2.19. The molecule has 5 nitrogen and oxygen atoms in total. The van der Waals surface area contributed by atoms with Crippen molar-refractivity contribution in [2.24, 2.45) is 0 Å². The van der Waals surface area contributed by atoms with E-state index in [1.807, 2.05) is 0 Å². The Morgan fingerprint density at radius 2 is 1.68 bits per heavy atom. The number of carbonyl (C=O) groups is 2. The van der Waals surface area contributed by atoms with Crippen LogP contribution in [0.2, 0.25) is 10.0 Å². The summed E-state index contributed by atoms with van der Waals surface area (Å²) >= 11 is 11.5. The molecule has 0 unspecified atom stereocenters. The zero-order valence-electron chi connectivity index (χ0n) is 17.8. The van der Waals surface area contributed by atoms with Gasteiger partial charge in [-0.15, -0.1) is 0 Å². The smallest absolute Gasteiger partial charge is 0.417 e. The number of anilines is 1. The highest BCUT2D eigenvalue weighted by Gasteiger charge is 2.33. The quantitative estimate of drug-likeness (QED) is 0.405. The van der Waals surface area contributed by atoms with Crippen LogP contribution >= 0.6 is 23.2 Å². The SMILES string of the molecule is CN(CC(=O)Nc1ccc(Cl)c(C(F)(F)F)c1)C(=O)c1ccccc1OCc1ccc(Cl)cc1. The van der Waals surface area contributed by atoms with Gasteiger partial charge in [0.25, 0.3) is 5.91 Å². The Kier molecular flexibility index (Phi) is 8.06. The summed E-state index contributed by atoms with van der Waals surface area (Å²) in [5.74, 6) is -0.845. The van der Waals surface area contributed by atoms with Gasteiger partial charge < -0.3 is 15.0 Å². The molecule has 178 valence electrons. The Morgan fingerprint density at radius 1 is 1.00 bits per heavy atom. The first-order chi connectivity index (χ1) is 16.0. The number of hydrogen-bond acceptors (Lipinski definition) is 3. The minimum atomic E-state index is -4.67. The number of nitrogens with zero attached hydrogens (tertiary/aromatic N) is 1. The Balaban J connectivity index is 1.65. The summed E-state index contributed by atoms with van der Waals surface area (Å²) in [7, 11) is 1.40. The first-order valence-corrected chi connectivity index (χ1v) is 10.7. The molecule has 2 amide bonds. The van der Waals surface area contributed by atoms with Crippen LogP contribution in [-0.4, -0.2) is 30.3 Å². The van der Waals surface area contributed by atoms with E-state index in [4.69, 9.17) is 27.9 Å². The van der Waals surface area contributed by atoms with E-state index in [-0.39, 0.29) is 17.9 Å². The lowest BCUT2D eigenvalue weighted by atomic mass is 10.1. The third-order valence-electron chi connectivity index (χ3n) is 4.71. The number of rotatable bonds is 7. The third kappa shape index (κ3) is 6.65. The normalized spacial score (nSPS) is 11.1. The van der Waals surface area contributed by atoms with Gasteiger partial charge in [0.15, 0.2) is 0 Å². The summed E-state index contributed by atoms with van der Waals surface area (Å²) < 4.78 is 44.9. The first kappa shape index (κ1) is 25.4. The van der Waals surface area contributed by atoms with Crippen LogP contribution in [-0.2, 0) is 17.6 Å². The van der Waals surface area contributed by atoms with Crippen LogP contribution in [0.3, 0.4) is 0 Å². The van der Waals surface area contributed by atoms with E-state index in [1.54, 1.807) is 48.5 Å². The Hall–Kier alpha value is -3.23. The molecule has 0 spiro atoms. The van der Waals surface area contributed by atoms with Crippen molar-refractivity contribution < 1.29 is 27.5 Å². The van der Waals surface area contributed by atoms with Crippen LogP contribution in [0.4, 0.5) is 18.9 Å². The van der Waals surface area contributed by atoms with Gasteiger partial charge >= 0.3 is 6.18 Å². The number of benzene rings is 3. The second kappa shape index (κ2) is 10.8. The number of ether oxygens (including phenoxy) is 1. The molecule has 0 saturated heterocycles. The highest BCUT2D eigenvalue weighted by Crippen LogP contribution is 2.36. The minimum Gasteiger partial charge on any atom is -0.488 e. The largest absolute Gasteiger partial charge is 0.488 e. The molecule has 0 heterocycles. The van der Waals surface area contributed by atoms with E-state index in [1.165, 1.54) is 13.1 Å². The Bertz CT molecular complexity index is 1180. The Labute approximate surface area is 204 Å². The number of nitrogens with one attached hydrogen (secondary N) is 1. The summed E-state index contributed by atoms with van der Waals surface area (Å²) in [6.45, 7) is -0.196. The zero-order chi connectivity index (χ0) is 24.9. The number of carbonyl (C=O) groups excluding carboxylic acids is 2. The molecule has 0 aliphatic rings. The number of alkyl halides is 3. The number of hydrogen-bond donors (Lipinski definition) is 1. The van der Waals surface area contributed by atoms with Gasteiger partial charge in [-0.25, -0.2) is 0 Å². The molecule has 0 bridgehead atoms. The molecule has 3 rings (SSSR count). The number of halogens is 5. The fraction of sp³-hybridized carbons (Fsp3) is 0.167. The molecular weight excluding hydrogens is 492 g/mol. The van der Waals surface area contributed by atoms with Crippen LogP contribution < -0.4 is 10.1 Å². The molecule has 0 radical (unpaired) electrons. The molecule has 3 aromatic rings. The van der Waals surface area contributed by atoms with Gasteiger partial charge in [-0.1, -0.05) is 47.5 Å². The van der Waals surface area contributed by atoms with Gasteiger partial charge in [-0.05, 0) is 48.0 Å². The summed E-state index contributed by atoms with van der Waals surface area (Å²) in [5.41, 5.74) is -0.0735. The van der Waals surface area contributed by atoms with Crippen molar-refractivity contribution in [2.45, 2.75) is 12.8 Å². The second-order valence-corrected chi connectivity index (χ2v) is 8.16. The van der Waals surface area contributed by atoms with E-state index in [2.05, 4.69) is 5.32 Å². The number of amides is 2. The molecule has 10 heteroatoms. The highest BCUT2D eigenvalue weighted by molar-refractivity contribution is 6.31. The third-order valence-corrected chi connectivity index (χ3v) is 5.29. The second-order valence-electron chi connectivity index (χ2n) is 7.31. The van der Waals surface area contributed by atoms with Gasteiger partial charge in [-0.3, -0.25) is 9.59 Å². The van der Waals surface area contributed by atoms with Crippen molar-refractivity contribution >= 4 is 40.7 Å². The molecular formula is C24H19Cl2F3N2O3. The summed E-state index contributed by atoms with van der Waals surface area (Å²) in [4.78, 5) is 26.4. The molecule has 1 N–H and O–H groups in total. The maximum absolute atomic E-state index is 13.0. The topological polar surface area (TPSA) is 58.6 Å². The van der Waals surface area contributed by atoms with E-state index in [0.717, 1.165) is 22.6 Å². The predicted octanol–water partition coefficient (Wildman–Crippen LogP) is 6.30. The van der Waals surface area contributed by atoms with Gasteiger partial charge in [0.05, 0.1) is 22.7 Å². The van der Waals surface area contributed by atoms with Crippen LogP contribution in [0.25, 0.3) is 0 Å². The first-order valence-electron chi connectivity index (χ1n) is 9.93. The lowest BCUT2D eigenvalue weighted by molar-refractivity contribution is -0.137. The maximum atomic E-state index is 13.0. The zero-order valence-corrected chi connectivity index (χ0v) is 19.3. The van der Waals surface area contributed by atoms with Gasteiger partial charge in [-0.2, -0.15) is 13.2 Å². The summed E-state index contributed by atoms with van der Waals surface area (Å²) in [5, 5.41) is 2.46. The average molecular weight is 511 g/mol. The molecule has 0 aliphatic carbocycles. The van der Waals surface area contributed by atoms with Crippen molar-refractivity contribution in [1.82, 2.24) is 4.90 Å². The number of likely N-dealkylation sites (N-methyl/N-ethyl adjacent to an activating group) is 1. The molecule has 34 heavy (non-hydrogen) atoms. The minimum absolute atomic E-state index is 0.0886. The van der Waals surface area contributed by atoms with Crippen LogP contribution in [0.1, 0.15) is 21.5 Å². The van der Waals surface area contributed by atoms with Crippen molar-refractivity contribution in [3.63, 3.8) is 0 Å². The maximum Gasteiger partial charge on any atom is 0.417 e. The van der Waals surface area contributed by atoms with Crippen molar-refractivity contribution in [3.8, 4) is 5.75 Å². The molecule has 3 aromatic carbocycles. The standard InChI is InChI=1S/C24H19Cl2F3N2O3/c1-31(13-22(32)30-17-10-11-20(26)19(12-17)24(27,28)29)23(33)18-4-2-3-5-21(18)34-14-15-6-8-16(25)9-7-15/h2-12H,13-14H2,1H3,(H,30,32). The van der Waals surface area contributed by atoms with E-state index >= 15 is 0 Å². The Morgan fingerprint density at radius 3 is 2.35 bits per heavy atom. The molecule has 0 aromatic heterocycles.